The number of thioether (sulfide) groups is 2. The third-order valence-electron chi connectivity index (χ3n) is 3.13. The SMILES string of the molecule is CCCC(C)(CC)C(=O)OCC1CSC(=S)S1. The molecule has 0 aromatic carbocycles. The van der Waals surface area contributed by atoms with Crippen LogP contribution in [0.1, 0.15) is 40.0 Å². The second-order valence-corrected chi connectivity index (χ2v) is 8.09. The van der Waals surface area contributed by atoms with E-state index in [2.05, 4.69) is 6.92 Å². The second-order valence-electron chi connectivity index (χ2n) is 4.56. The fraction of sp³-hybridized carbons (Fsp3) is 0.833. The molecule has 0 aromatic rings. The summed E-state index contributed by atoms with van der Waals surface area (Å²) in [7, 11) is 0. The molecule has 0 aliphatic carbocycles. The van der Waals surface area contributed by atoms with E-state index in [1.165, 1.54) is 0 Å². The van der Waals surface area contributed by atoms with Crippen molar-refractivity contribution >= 4 is 45.2 Å². The average molecular weight is 292 g/mol. The minimum absolute atomic E-state index is 0.0507. The number of hydrogen-bond acceptors (Lipinski definition) is 5. The van der Waals surface area contributed by atoms with Crippen LogP contribution in [0.2, 0.25) is 0 Å². The zero-order chi connectivity index (χ0) is 12.9. The zero-order valence-corrected chi connectivity index (χ0v) is 13.1. The summed E-state index contributed by atoms with van der Waals surface area (Å²) in [6, 6.07) is 0. The first kappa shape index (κ1) is 15.3. The number of esters is 1. The molecule has 0 N–H and O–H groups in total. The van der Waals surface area contributed by atoms with E-state index >= 15 is 0 Å². The summed E-state index contributed by atoms with van der Waals surface area (Å²) in [6.45, 7) is 6.64. The summed E-state index contributed by atoms with van der Waals surface area (Å²) in [4.78, 5) is 12.1. The van der Waals surface area contributed by atoms with E-state index in [4.69, 9.17) is 17.0 Å². The number of rotatable bonds is 6. The Morgan fingerprint density at radius 3 is 2.76 bits per heavy atom. The summed E-state index contributed by atoms with van der Waals surface area (Å²) >= 11 is 8.44. The van der Waals surface area contributed by atoms with Gasteiger partial charge in [-0.2, -0.15) is 0 Å². The van der Waals surface area contributed by atoms with Crippen molar-refractivity contribution in [3.8, 4) is 0 Å². The Morgan fingerprint density at radius 2 is 2.29 bits per heavy atom. The largest absolute Gasteiger partial charge is 0.464 e. The smallest absolute Gasteiger partial charge is 0.311 e. The second kappa shape index (κ2) is 7.00. The molecule has 98 valence electrons. The Morgan fingerprint density at radius 1 is 1.59 bits per heavy atom. The first-order chi connectivity index (χ1) is 8.01. The van der Waals surface area contributed by atoms with Crippen molar-refractivity contribution in [2.45, 2.75) is 45.3 Å². The average Bonchev–Trinajstić information content (AvgIpc) is 2.72. The minimum atomic E-state index is -0.314. The third-order valence-corrected chi connectivity index (χ3v) is 6.25. The van der Waals surface area contributed by atoms with E-state index in [9.17, 15) is 4.79 Å². The van der Waals surface area contributed by atoms with Crippen LogP contribution in [-0.2, 0) is 9.53 Å². The zero-order valence-electron chi connectivity index (χ0n) is 10.7. The molecule has 1 rings (SSSR count). The molecular weight excluding hydrogens is 272 g/mol. The Kier molecular flexibility index (Phi) is 6.31. The Bertz CT molecular complexity index is 293. The van der Waals surface area contributed by atoms with Gasteiger partial charge in [0.05, 0.1) is 10.7 Å². The predicted molar refractivity (Wildman–Crippen MR) is 80.7 cm³/mol. The van der Waals surface area contributed by atoms with Gasteiger partial charge in [0, 0.05) is 5.75 Å². The predicted octanol–water partition coefficient (Wildman–Crippen LogP) is 3.88. The van der Waals surface area contributed by atoms with Crippen molar-refractivity contribution in [3.05, 3.63) is 0 Å². The molecule has 0 spiro atoms. The molecular formula is C12H20O2S3. The van der Waals surface area contributed by atoms with Crippen LogP contribution in [-0.4, -0.2) is 27.1 Å². The molecule has 0 bridgehead atoms. The van der Waals surface area contributed by atoms with E-state index in [1.807, 2.05) is 13.8 Å². The standard InChI is InChI=1S/C12H20O2S3/c1-4-6-12(3,5-2)10(13)14-7-9-8-16-11(15)17-9/h9H,4-8H2,1-3H3. The number of carbonyl (C=O) groups excluding carboxylic acids is 1. The highest BCUT2D eigenvalue weighted by Crippen LogP contribution is 2.34. The van der Waals surface area contributed by atoms with E-state index in [1.54, 1.807) is 23.5 Å². The molecule has 2 nitrogen and oxygen atoms in total. The Hall–Kier alpha value is 0.260. The summed E-state index contributed by atoms with van der Waals surface area (Å²) in [5.41, 5.74) is -0.314. The van der Waals surface area contributed by atoms with Gasteiger partial charge in [0.1, 0.15) is 10.1 Å². The summed E-state index contributed by atoms with van der Waals surface area (Å²) in [5.74, 6) is 0.915. The van der Waals surface area contributed by atoms with Gasteiger partial charge in [-0.1, -0.05) is 44.2 Å². The number of hydrogen-bond donors (Lipinski definition) is 0. The highest BCUT2D eigenvalue weighted by atomic mass is 32.2. The van der Waals surface area contributed by atoms with Gasteiger partial charge in [-0.3, -0.25) is 4.79 Å². The Balaban J connectivity index is 2.39. The van der Waals surface area contributed by atoms with Gasteiger partial charge >= 0.3 is 5.97 Å². The fourth-order valence-corrected chi connectivity index (χ4v) is 4.56. The van der Waals surface area contributed by atoms with E-state index < -0.39 is 0 Å². The van der Waals surface area contributed by atoms with Crippen molar-refractivity contribution in [3.63, 3.8) is 0 Å². The topological polar surface area (TPSA) is 26.3 Å². The first-order valence-electron chi connectivity index (χ1n) is 6.02. The summed E-state index contributed by atoms with van der Waals surface area (Å²) in [6.07, 6.45) is 2.75. The van der Waals surface area contributed by atoms with Crippen LogP contribution in [0.15, 0.2) is 0 Å². The molecule has 0 aromatic heterocycles. The van der Waals surface area contributed by atoms with Crippen molar-refractivity contribution in [1.29, 1.82) is 0 Å². The lowest BCUT2D eigenvalue weighted by molar-refractivity contribution is -0.155. The maximum Gasteiger partial charge on any atom is 0.311 e. The van der Waals surface area contributed by atoms with E-state index in [0.717, 1.165) is 28.5 Å². The fourth-order valence-electron chi connectivity index (χ4n) is 1.77. The van der Waals surface area contributed by atoms with E-state index in [0.29, 0.717) is 11.9 Å². The van der Waals surface area contributed by atoms with Crippen LogP contribution < -0.4 is 0 Å². The lowest BCUT2D eigenvalue weighted by Crippen LogP contribution is -2.31. The van der Waals surface area contributed by atoms with Gasteiger partial charge in [-0.25, -0.2) is 0 Å². The molecule has 1 aliphatic heterocycles. The van der Waals surface area contributed by atoms with Gasteiger partial charge in [0.15, 0.2) is 0 Å². The number of thiocarbonyl (C=S) groups is 1. The van der Waals surface area contributed by atoms with Crippen LogP contribution in [0.5, 0.6) is 0 Å². The monoisotopic (exact) mass is 292 g/mol. The number of carbonyl (C=O) groups is 1. The lowest BCUT2D eigenvalue weighted by atomic mass is 9.83. The van der Waals surface area contributed by atoms with Gasteiger partial charge in [0.25, 0.3) is 0 Å². The molecule has 0 saturated carbocycles. The van der Waals surface area contributed by atoms with Gasteiger partial charge in [-0.05, 0) is 19.8 Å². The molecule has 1 heterocycles. The highest BCUT2D eigenvalue weighted by Gasteiger charge is 2.33. The van der Waals surface area contributed by atoms with Crippen LogP contribution in [0.25, 0.3) is 0 Å². The summed E-state index contributed by atoms with van der Waals surface area (Å²) < 4.78 is 6.42. The van der Waals surface area contributed by atoms with Gasteiger partial charge in [0.2, 0.25) is 0 Å². The lowest BCUT2D eigenvalue weighted by Gasteiger charge is -2.25. The molecule has 1 fully saturated rings. The summed E-state index contributed by atoms with van der Waals surface area (Å²) in [5, 5.41) is 0.346. The number of ether oxygens (including phenoxy) is 1. The molecule has 5 heteroatoms. The first-order valence-corrected chi connectivity index (χ1v) is 8.29. The molecule has 2 unspecified atom stereocenters. The molecule has 2 atom stereocenters. The van der Waals surface area contributed by atoms with Crippen LogP contribution in [0, 0.1) is 5.41 Å². The third kappa shape index (κ3) is 4.45. The van der Waals surface area contributed by atoms with Gasteiger partial charge < -0.3 is 4.74 Å². The highest BCUT2D eigenvalue weighted by molar-refractivity contribution is 8.49. The molecule has 17 heavy (non-hydrogen) atoms. The Labute approximate surface area is 118 Å². The van der Waals surface area contributed by atoms with Crippen molar-refractivity contribution < 1.29 is 9.53 Å². The molecule has 0 radical (unpaired) electrons. The molecule has 1 saturated heterocycles. The normalized spacial score (nSPS) is 23.5. The molecule has 1 aliphatic rings. The molecule has 0 amide bonds. The van der Waals surface area contributed by atoms with Crippen molar-refractivity contribution in [2.75, 3.05) is 12.4 Å². The minimum Gasteiger partial charge on any atom is -0.464 e. The van der Waals surface area contributed by atoms with Crippen LogP contribution in [0.4, 0.5) is 0 Å². The quantitative estimate of drug-likeness (QED) is 0.547. The maximum absolute atomic E-state index is 12.1. The van der Waals surface area contributed by atoms with Crippen LogP contribution in [0.3, 0.4) is 0 Å². The van der Waals surface area contributed by atoms with Crippen molar-refractivity contribution in [1.82, 2.24) is 0 Å². The van der Waals surface area contributed by atoms with E-state index in [-0.39, 0.29) is 11.4 Å². The van der Waals surface area contributed by atoms with Crippen LogP contribution >= 0.6 is 35.7 Å². The maximum atomic E-state index is 12.1. The van der Waals surface area contributed by atoms with Crippen molar-refractivity contribution in [2.24, 2.45) is 5.41 Å². The van der Waals surface area contributed by atoms with Gasteiger partial charge in [-0.15, -0.1) is 11.8 Å².